The van der Waals surface area contributed by atoms with Crippen molar-refractivity contribution >= 4 is 27.6 Å². The van der Waals surface area contributed by atoms with Crippen LogP contribution in [0, 0.1) is 12.8 Å². The molecule has 0 aromatic heterocycles. The lowest BCUT2D eigenvalue weighted by Gasteiger charge is -2.30. The van der Waals surface area contributed by atoms with Gasteiger partial charge in [-0.15, -0.1) is 0 Å². The van der Waals surface area contributed by atoms with Crippen LogP contribution in [0.2, 0.25) is 0 Å². The van der Waals surface area contributed by atoms with E-state index in [0.717, 1.165) is 5.56 Å². The summed E-state index contributed by atoms with van der Waals surface area (Å²) in [6.45, 7) is 4.46. The third-order valence-electron chi connectivity index (χ3n) is 5.20. The average molecular weight is 431 g/mol. The van der Waals surface area contributed by atoms with Crippen molar-refractivity contribution in [2.75, 3.05) is 25.0 Å². The van der Waals surface area contributed by atoms with Crippen molar-refractivity contribution in [2.24, 2.45) is 5.92 Å². The van der Waals surface area contributed by atoms with E-state index in [1.807, 2.05) is 6.92 Å². The SMILES string of the molecule is CCOC(=O)c1ccc(NC(=O)C2CCN(S(=O)(=O)c3ccccc3)CC2)c(C)c1. The fraction of sp³-hybridized carbons (Fsp3) is 0.364. The zero-order valence-corrected chi connectivity index (χ0v) is 17.9. The molecule has 2 aromatic carbocycles. The number of amides is 1. The fourth-order valence-electron chi connectivity index (χ4n) is 3.48. The highest BCUT2D eigenvalue weighted by Gasteiger charge is 2.32. The predicted molar refractivity (Wildman–Crippen MR) is 114 cm³/mol. The standard InChI is InChI=1S/C22H26N2O5S/c1-3-29-22(26)18-9-10-20(16(2)15-18)23-21(25)17-11-13-24(14-12-17)30(27,28)19-7-5-4-6-8-19/h4-10,15,17H,3,11-14H2,1-2H3,(H,23,25). The third-order valence-corrected chi connectivity index (χ3v) is 7.11. The van der Waals surface area contributed by atoms with E-state index in [4.69, 9.17) is 4.74 Å². The molecule has 1 amide bonds. The Balaban J connectivity index is 1.60. The molecule has 1 fully saturated rings. The van der Waals surface area contributed by atoms with Crippen molar-refractivity contribution in [3.63, 3.8) is 0 Å². The lowest BCUT2D eigenvalue weighted by molar-refractivity contribution is -0.120. The number of carbonyl (C=O) groups excluding carboxylic acids is 2. The number of hydrogen-bond donors (Lipinski definition) is 1. The summed E-state index contributed by atoms with van der Waals surface area (Å²) in [7, 11) is -3.54. The summed E-state index contributed by atoms with van der Waals surface area (Å²) in [5.41, 5.74) is 1.83. The number of hydrogen-bond acceptors (Lipinski definition) is 5. The van der Waals surface area contributed by atoms with Crippen LogP contribution >= 0.6 is 0 Å². The Hall–Kier alpha value is -2.71. The first kappa shape index (κ1) is 22.0. The van der Waals surface area contributed by atoms with Gasteiger partial charge in [0.2, 0.25) is 15.9 Å². The average Bonchev–Trinajstić information content (AvgIpc) is 2.76. The van der Waals surface area contributed by atoms with Crippen LogP contribution in [0.5, 0.6) is 0 Å². The van der Waals surface area contributed by atoms with Crippen LogP contribution in [0.15, 0.2) is 53.4 Å². The highest BCUT2D eigenvalue weighted by molar-refractivity contribution is 7.89. The molecule has 30 heavy (non-hydrogen) atoms. The highest BCUT2D eigenvalue weighted by Crippen LogP contribution is 2.25. The van der Waals surface area contributed by atoms with E-state index >= 15 is 0 Å². The Bertz CT molecular complexity index is 1010. The maximum Gasteiger partial charge on any atom is 0.338 e. The number of benzene rings is 2. The summed E-state index contributed by atoms with van der Waals surface area (Å²) >= 11 is 0. The van der Waals surface area contributed by atoms with E-state index in [2.05, 4.69) is 5.32 Å². The van der Waals surface area contributed by atoms with Gasteiger partial charge in [-0.05, 0) is 62.6 Å². The van der Waals surface area contributed by atoms with Gasteiger partial charge in [0.25, 0.3) is 0 Å². The first-order valence-electron chi connectivity index (χ1n) is 9.96. The van der Waals surface area contributed by atoms with Gasteiger partial charge in [-0.2, -0.15) is 4.31 Å². The molecule has 1 aliphatic heterocycles. The number of rotatable bonds is 6. The molecule has 0 spiro atoms. The number of nitrogens with zero attached hydrogens (tertiary/aromatic N) is 1. The van der Waals surface area contributed by atoms with Crippen molar-refractivity contribution in [1.82, 2.24) is 4.31 Å². The third kappa shape index (κ3) is 4.88. The number of esters is 1. The summed E-state index contributed by atoms with van der Waals surface area (Å²) in [5, 5.41) is 2.90. The lowest BCUT2D eigenvalue weighted by atomic mass is 9.97. The molecular weight excluding hydrogens is 404 g/mol. The lowest BCUT2D eigenvalue weighted by Crippen LogP contribution is -2.41. The smallest absolute Gasteiger partial charge is 0.338 e. The first-order chi connectivity index (χ1) is 14.3. The van der Waals surface area contributed by atoms with Crippen molar-refractivity contribution in [3.05, 3.63) is 59.7 Å². The number of carbonyl (C=O) groups is 2. The Kier molecular flexibility index (Phi) is 6.89. The number of nitrogens with one attached hydrogen (secondary N) is 1. The second-order valence-corrected chi connectivity index (χ2v) is 9.17. The Morgan fingerprint density at radius 2 is 1.77 bits per heavy atom. The van der Waals surface area contributed by atoms with Gasteiger partial charge in [-0.1, -0.05) is 18.2 Å². The zero-order chi connectivity index (χ0) is 21.7. The molecule has 1 heterocycles. The number of anilines is 1. The highest BCUT2D eigenvalue weighted by atomic mass is 32.2. The van der Waals surface area contributed by atoms with E-state index < -0.39 is 16.0 Å². The van der Waals surface area contributed by atoms with Crippen molar-refractivity contribution in [3.8, 4) is 0 Å². The predicted octanol–water partition coefficient (Wildman–Crippen LogP) is 3.21. The molecule has 160 valence electrons. The maximum absolute atomic E-state index is 12.7. The van der Waals surface area contributed by atoms with Gasteiger partial charge >= 0.3 is 5.97 Å². The number of piperidine rings is 1. The van der Waals surface area contributed by atoms with E-state index in [1.54, 1.807) is 55.5 Å². The van der Waals surface area contributed by atoms with Crippen molar-refractivity contribution in [1.29, 1.82) is 0 Å². The summed E-state index contributed by atoms with van der Waals surface area (Å²) in [4.78, 5) is 24.8. The molecule has 7 nitrogen and oxygen atoms in total. The molecule has 1 N–H and O–H groups in total. The minimum absolute atomic E-state index is 0.140. The molecule has 8 heteroatoms. The molecule has 1 aliphatic rings. The maximum atomic E-state index is 12.7. The second-order valence-electron chi connectivity index (χ2n) is 7.23. The molecular formula is C22H26N2O5S. The molecule has 1 saturated heterocycles. The minimum Gasteiger partial charge on any atom is -0.462 e. The summed E-state index contributed by atoms with van der Waals surface area (Å²) in [6.07, 6.45) is 0.912. The minimum atomic E-state index is -3.54. The van der Waals surface area contributed by atoms with E-state index in [1.165, 1.54) is 4.31 Å². The Morgan fingerprint density at radius 3 is 2.37 bits per heavy atom. The summed E-state index contributed by atoms with van der Waals surface area (Å²) in [6, 6.07) is 13.3. The van der Waals surface area contributed by atoms with Gasteiger partial charge in [-0.3, -0.25) is 4.79 Å². The van der Waals surface area contributed by atoms with Gasteiger partial charge in [-0.25, -0.2) is 13.2 Å². The van der Waals surface area contributed by atoms with Crippen LogP contribution in [0.1, 0.15) is 35.7 Å². The van der Waals surface area contributed by atoms with Crippen LogP contribution in [0.3, 0.4) is 0 Å². The topological polar surface area (TPSA) is 92.8 Å². The van der Waals surface area contributed by atoms with Crippen LogP contribution in [0.4, 0.5) is 5.69 Å². The Labute approximate surface area is 177 Å². The van der Waals surface area contributed by atoms with Crippen molar-refractivity contribution in [2.45, 2.75) is 31.6 Å². The molecule has 0 unspecified atom stereocenters. The Morgan fingerprint density at radius 1 is 1.10 bits per heavy atom. The van der Waals surface area contributed by atoms with Gasteiger partial charge in [0.1, 0.15) is 0 Å². The first-order valence-corrected chi connectivity index (χ1v) is 11.4. The molecule has 2 aromatic rings. The van der Waals surface area contributed by atoms with Gasteiger partial charge < -0.3 is 10.1 Å². The van der Waals surface area contributed by atoms with Crippen LogP contribution in [-0.4, -0.2) is 44.3 Å². The van der Waals surface area contributed by atoms with Crippen LogP contribution in [0.25, 0.3) is 0 Å². The monoisotopic (exact) mass is 430 g/mol. The fourth-order valence-corrected chi connectivity index (χ4v) is 4.97. The van der Waals surface area contributed by atoms with Gasteiger partial charge in [0.15, 0.2) is 0 Å². The summed E-state index contributed by atoms with van der Waals surface area (Å²) < 4.78 is 31.9. The number of aryl methyl sites for hydroxylation is 1. The van der Waals surface area contributed by atoms with Crippen LogP contribution < -0.4 is 5.32 Å². The van der Waals surface area contributed by atoms with E-state index in [9.17, 15) is 18.0 Å². The summed E-state index contributed by atoms with van der Waals surface area (Å²) in [5.74, 6) is -0.805. The second kappa shape index (κ2) is 9.40. The normalized spacial score (nSPS) is 15.5. The molecule has 0 bridgehead atoms. The quantitative estimate of drug-likeness (QED) is 0.711. The molecule has 0 saturated carbocycles. The molecule has 0 aliphatic carbocycles. The molecule has 0 atom stereocenters. The van der Waals surface area contributed by atoms with Gasteiger partial charge in [0.05, 0.1) is 17.1 Å². The zero-order valence-electron chi connectivity index (χ0n) is 17.1. The van der Waals surface area contributed by atoms with E-state index in [0.29, 0.717) is 43.8 Å². The van der Waals surface area contributed by atoms with Gasteiger partial charge in [0, 0.05) is 24.7 Å². The molecule has 0 radical (unpaired) electrons. The number of ether oxygens (including phenoxy) is 1. The van der Waals surface area contributed by atoms with Crippen LogP contribution in [-0.2, 0) is 19.6 Å². The van der Waals surface area contributed by atoms with Crippen molar-refractivity contribution < 1.29 is 22.7 Å². The largest absolute Gasteiger partial charge is 0.462 e. The molecule has 3 rings (SSSR count). The number of sulfonamides is 1. The van der Waals surface area contributed by atoms with E-state index in [-0.39, 0.29) is 16.7 Å².